The molecular weight excluding hydrogens is 365 g/mol. The number of carbonyl (C=O) groups is 1. The van der Waals surface area contributed by atoms with Gasteiger partial charge >= 0.3 is 0 Å². The van der Waals surface area contributed by atoms with Crippen LogP contribution in [0.3, 0.4) is 0 Å². The van der Waals surface area contributed by atoms with Crippen LogP contribution >= 0.6 is 29.0 Å². The first-order valence-corrected chi connectivity index (χ1v) is 6.94. The van der Waals surface area contributed by atoms with Crippen molar-refractivity contribution in [3.8, 4) is 11.6 Å². The number of halogens is 2. The molecule has 0 aliphatic rings. The molecule has 1 amide bonds. The lowest BCUT2D eigenvalue weighted by atomic mass is 10.1. The van der Waals surface area contributed by atoms with Crippen LogP contribution in [-0.4, -0.2) is 22.0 Å². The zero-order valence-corrected chi connectivity index (χ0v) is 13.1. The summed E-state index contributed by atoms with van der Waals surface area (Å²) in [6.07, 6.45) is 1.59. The summed E-state index contributed by atoms with van der Waals surface area (Å²) in [6.45, 7) is -1.01. The molecule has 2 aromatic rings. The first-order valence-electron chi connectivity index (χ1n) is 5.75. The number of nitrogens with zero attached hydrogens (tertiary/aromatic N) is 2. The molecular formula is C12H11BrFN3O3S. The molecule has 6 nitrogen and oxygen atoms in total. The van der Waals surface area contributed by atoms with E-state index in [0.29, 0.717) is 17.0 Å². The first-order chi connectivity index (χ1) is 10.2. The fourth-order valence-corrected chi connectivity index (χ4v) is 2.06. The van der Waals surface area contributed by atoms with Crippen LogP contribution in [0.25, 0.3) is 0 Å². The number of nitrogens with one attached hydrogen (secondary N) is 1. The second-order valence-corrected chi connectivity index (χ2v) is 4.63. The van der Waals surface area contributed by atoms with Crippen molar-refractivity contribution >= 4 is 34.9 Å². The van der Waals surface area contributed by atoms with Crippen LogP contribution in [0.15, 0.2) is 30.5 Å². The van der Waals surface area contributed by atoms with Gasteiger partial charge in [0.2, 0.25) is 12.7 Å². The Morgan fingerprint density at radius 3 is 2.86 bits per heavy atom. The predicted octanol–water partition coefficient (Wildman–Crippen LogP) is 2.50. The van der Waals surface area contributed by atoms with Crippen molar-refractivity contribution in [2.24, 2.45) is 0 Å². The Morgan fingerprint density at radius 1 is 1.43 bits per heavy atom. The Hall–Kier alpha value is -1.74. The Balaban J connectivity index is 2.27. The summed E-state index contributed by atoms with van der Waals surface area (Å²) in [5.74, 6) is 0.166. The molecule has 112 valence electrons. The third-order valence-electron chi connectivity index (χ3n) is 2.59. The molecule has 1 N–H and O–H groups in total. The highest BCUT2D eigenvalue weighted by Crippen LogP contribution is 2.24. The van der Waals surface area contributed by atoms with Gasteiger partial charge in [0, 0.05) is 34.0 Å². The lowest BCUT2D eigenvalue weighted by Crippen LogP contribution is -2.16. The Bertz CT molecular complexity index is 638. The zero-order valence-electron chi connectivity index (χ0n) is 10.6. The van der Waals surface area contributed by atoms with Crippen LogP contribution in [0.5, 0.6) is 11.6 Å². The lowest BCUT2D eigenvalue weighted by molar-refractivity contribution is 0.0982. The van der Waals surface area contributed by atoms with Gasteiger partial charge in [-0.3, -0.25) is 9.14 Å². The number of carbonyl (C=O) groups excluding carboxylic acids is 1. The Morgan fingerprint density at radius 2 is 2.24 bits per heavy atom. The lowest BCUT2D eigenvalue weighted by Gasteiger charge is -2.13. The number of benzene rings is 1. The van der Waals surface area contributed by atoms with E-state index in [2.05, 4.69) is 38.4 Å². The van der Waals surface area contributed by atoms with Crippen molar-refractivity contribution in [1.29, 1.82) is 0 Å². The zero-order chi connectivity index (χ0) is 15.2. The van der Waals surface area contributed by atoms with Gasteiger partial charge < -0.3 is 9.47 Å². The van der Waals surface area contributed by atoms with E-state index >= 15 is 0 Å². The largest absolute Gasteiger partial charge is 0.472 e. The van der Waals surface area contributed by atoms with Crippen molar-refractivity contribution < 1.29 is 18.7 Å². The van der Waals surface area contributed by atoms with Crippen LogP contribution in [0.1, 0.15) is 15.9 Å². The third-order valence-corrected chi connectivity index (χ3v) is 3.17. The molecule has 0 saturated carbocycles. The van der Waals surface area contributed by atoms with Gasteiger partial charge in [-0.1, -0.05) is 6.07 Å². The molecule has 2 rings (SSSR count). The van der Waals surface area contributed by atoms with Gasteiger partial charge in [0.15, 0.2) is 0 Å². The highest BCUT2D eigenvalue weighted by molar-refractivity contribution is 9.08. The van der Waals surface area contributed by atoms with Crippen molar-refractivity contribution in [2.75, 3.05) is 6.86 Å². The van der Waals surface area contributed by atoms with Gasteiger partial charge in [-0.05, 0) is 24.9 Å². The summed E-state index contributed by atoms with van der Waals surface area (Å²) in [7, 11) is 0. The second kappa shape index (κ2) is 7.32. The maximum Gasteiger partial charge on any atom is 0.261 e. The van der Waals surface area contributed by atoms with E-state index in [-0.39, 0.29) is 12.4 Å². The van der Waals surface area contributed by atoms with Crippen molar-refractivity contribution in [2.45, 2.75) is 6.61 Å². The van der Waals surface area contributed by atoms with Gasteiger partial charge in [0.25, 0.3) is 5.91 Å². The van der Waals surface area contributed by atoms with Gasteiger partial charge in [-0.25, -0.2) is 8.48 Å². The second-order valence-electron chi connectivity index (χ2n) is 3.82. The summed E-state index contributed by atoms with van der Waals surface area (Å²) in [5.41, 5.74) is 0.726. The van der Waals surface area contributed by atoms with E-state index in [1.807, 2.05) is 0 Å². The molecule has 21 heavy (non-hydrogen) atoms. The van der Waals surface area contributed by atoms with Gasteiger partial charge in [-0.2, -0.15) is 0 Å². The van der Waals surface area contributed by atoms with Crippen LogP contribution in [0, 0.1) is 0 Å². The summed E-state index contributed by atoms with van der Waals surface area (Å²) in [6, 6.07) is 6.34. The third kappa shape index (κ3) is 3.88. The monoisotopic (exact) mass is 375 g/mol. The molecule has 0 spiro atoms. The summed E-state index contributed by atoms with van der Waals surface area (Å²) >= 11 is 6.86. The van der Waals surface area contributed by atoms with E-state index in [1.54, 1.807) is 30.5 Å². The molecule has 0 unspecified atom stereocenters. The van der Waals surface area contributed by atoms with Crippen LogP contribution in [-0.2, 0) is 6.61 Å². The number of thiol groups is 1. The number of hydrogen-bond acceptors (Lipinski definition) is 5. The number of rotatable bonds is 6. The predicted molar refractivity (Wildman–Crippen MR) is 80.4 cm³/mol. The standard InChI is InChI=1S/C12H11BrFN3O3S/c13-15-12(18)8-2-1-3-10(20-7-14)9(8)6-19-11-4-5-17(21)16-11/h1-5,21H,6-7H2,(H,15,18). The first kappa shape index (κ1) is 15.6. The fraction of sp³-hybridized carbons (Fsp3) is 0.167. The number of ether oxygens (including phenoxy) is 2. The highest BCUT2D eigenvalue weighted by Gasteiger charge is 2.16. The quantitative estimate of drug-likeness (QED) is 0.601. The summed E-state index contributed by atoms with van der Waals surface area (Å²) < 4.78 is 26.4. The molecule has 0 fully saturated rings. The van der Waals surface area contributed by atoms with E-state index in [0.717, 1.165) is 0 Å². The average molecular weight is 376 g/mol. The summed E-state index contributed by atoms with van der Waals surface area (Å²) in [5, 5.41) is 3.93. The number of alkyl halides is 1. The normalized spacial score (nSPS) is 10.2. The highest BCUT2D eigenvalue weighted by atomic mass is 79.9. The molecule has 1 heterocycles. The number of aromatic nitrogens is 2. The van der Waals surface area contributed by atoms with Gasteiger partial charge in [-0.15, -0.1) is 5.10 Å². The van der Waals surface area contributed by atoms with Crippen LogP contribution in [0.4, 0.5) is 4.39 Å². The average Bonchev–Trinajstić information content (AvgIpc) is 2.91. The molecule has 0 atom stereocenters. The van der Waals surface area contributed by atoms with Crippen molar-refractivity contribution in [3.05, 3.63) is 41.6 Å². The van der Waals surface area contributed by atoms with E-state index in [1.165, 1.54) is 4.09 Å². The SMILES string of the molecule is O=C(NBr)c1cccc(OCF)c1COc1ccn(S)n1. The Kier molecular flexibility index (Phi) is 5.45. The number of hydrogen-bond donors (Lipinski definition) is 2. The van der Waals surface area contributed by atoms with Crippen molar-refractivity contribution in [1.82, 2.24) is 13.5 Å². The maximum absolute atomic E-state index is 12.4. The van der Waals surface area contributed by atoms with Crippen LogP contribution < -0.4 is 13.8 Å². The minimum absolute atomic E-state index is 0.00326. The molecule has 0 radical (unpaired) electrons. The molecule has 1 aromatic heterocycles. The minimum Gasteiger partial charge on any atom is -0.472 e. The fourth-order valence-electron chi connectivity index (χ4n) is 1.69. The molecule has 0 aliphatic heterocycles. The topological polar surface area (TPSA) is 65.4 Å². The Labute approximate surface area is 134 Å². The van der Waals surface area contributed by atoms with Gasteiger partial charge in [0.05, 0.1) is 5.56 Å². The molecule has 9 heteroatoms. The van der Waals surface area contributed by atoms with Crippen LogP contribution in [0.2, 0.25) is 0 Å². The molecule has 0 bridgehead atoms. The molecule has 0 saturated heterocycles. The maximum atomic E-state index is 12.4. The van der Waals surface area contributed by atoms with E-state index < -0.39 is 12.8 Å². The van der Waals surface area contributed by atoms with Crippen molar-refractivity contribution in [3.63, 3.8) is 0 Å². The number of amides is 1. The minimum atomic E-state index is -1.00. The van der Waals surface area contributed by atoms with Gasteiger partial charge in [0.1, 0.15) is 12.4 Å². The molecule has 0 aliphatic carbocycles. The smallest absolute Gasteiger partial charge is 0.261 e. The van der Waals surface area contributed by atoms with E-state index in [9.17, 15) is 9.18 Å². The van der Waals surface area contributed by atoms with E-state index in [4.69, 9.17) is 9.47 Å². The molecule has 1 aromatic carbocycles. The summed E-state index contributed by atoms with van der Waals surface area (Å²) in [4.78, 5) is 11.8.